The number of aromatic nitrogens is 1. The average molecular weight is 375 g/mol. The Hall–Kier alpha value is -2.85. The Labute approximate surface area is 163 Å². The van der Waals surface area contributed by atoms with Crippen LogP contribution in [-0.2, 0) is 13.0 Å². The molecular weight excluding hydrogens is 352 g/mol. The van der Waals surface area contributed by atoms with Crippen molar-refractivity contribution in [1.29, 1.82) is 0 Å². The number of benzene rings is 2. The van der Waals surface area contributed by atoms with Gasteiger partial charge >= 0.3 is 0 Å². The largest absolute Gasteiger partial charge is 0.350 e. The zero-order chi connectivity index (χ0) is 18.6. The third-order valence-corrected chi connectivity index (χ3v) is 5.65. The van der Waals surface area contributed by atoms with Gasteiger partial charge in [-0.25, -0.2) is 0 Å². The molecule has 0 aliphatic heterocycles. The first kappa shape index (κ1) is 17.6. The Morgan fingerprint density at radius 1 is 1.00 bits per heavy atom. The van der Waals surface area contributed by atoms with Gasteiger partial charge in [0.1, 0.15) is 10.5 Å². The average Bonchev–Trinajstić information content (AvgIpc) is 3.25. The third-order valence-electron chi connectivity index (χ3n) is 4.70. The minimum absolute atomic E-state index is 0.0121. The number of thiophene rings is 1. The molecular formula is C23H22N2OS. The number of fused-ring (bicyclic) bond motifs is 1. The third kappa shape index (κ3) is 3.96. The first-order valence-corrected chi connectivity index (χ1v) is 10.0. The van der Waals surface area contributed by atoms with Gasteiger partial charge in [-0.05, 0) is 42.0 Å². The number of aryl methyl sites for hydroxylation is 1. The maximum atomic E-state index is 12.9. The van der Waals surface area contributed by atoms with Gasteiger partial charge in [-0.15, -0.1) is 11.3 Å². The Bertz CT molecular complexity index is 1060. The van der Waals surface area contributed by atoms with Crippen LogP contribution in [0.3, 0.4) is 0 Å². The van der Waals surface area contributed by atoms with Crippen molar-refractivity contribution in [2.24, 2.45) is 0 Å². The van der Waals surface area contributed by atoms with E-state index in [2.05, 4.69) is 64.7 Å². The number of hydrogen-bond donors (Lipinski definition) is 1. The predicted molar refractivity (Wildman–Crippen MR) is 113 cm³/mol. The second kappa shape index (κ2) is 7.80. The smallest absolute Gasteiger partial charge is 0.267 e. The first-order chi connectivity index (χ1) is 13.2. The van der Waals surface area contributed by atoms with Crippen molar-refractivity contribution < 1.29 is 4.79 Å². The Morgan fingerprint density at radius 2 is 1.81 bits per heavy atom. The van der Waals surface area contributed by atoms with Gasteiger partial charge in [0.15, 0.2) is 0 Å². The van der Waals surface area contributed by atoms with Crippen LogP contribution >= 0.6 is 11.3 Å². The van der Waals surface area contributed by atoms with E-state index in [4.69, 9.17) is 0 Å². The molecule has 1 N–H and O–H groups in total. The molecule has 0 saturated carbocycles. The fourth-order valence-electron chi connectivity index (χ4n) is 3.37. The first-order valence-electron chi connectivity index (χ1n) is 9.15. The Balaban J connectivity index is 1.54. The zero-order valence-electron chi connectivity index (χ0n) is 15.3. The number of carbonyl (C=O) groups excluding carboxylic acids is 1. The van der Waals surface area contributed by atoms with Crippen molar-refractivity contribution in [3.05, 3.63) is 94.5 Å². The summed E-state index contributed by atoms with van der Waals surface area (Å²) in [5, 5.41) is 6.28. The molecule has 0 atom stereocenters. The summed E-state index contributed by atoms with van der Waals surface area (Å²) in [5.74, 6) is -0.0121. The monoisotopic (exact) mass is 374 g/mol. The summed E-state index contributed by atoms with van der Waals surface area (Å²) in [6.07, 6.45) is 0.833. The lowest BCUT2D eigenvalue weighted by Gasteiger charge is -2.11. The summed E-state index contributed by atoms with van der Waals surface area (Å²) in [7, 11) is 0. The van der Waals surface area contributed by atoms with Crippen LogP contribution in [0.1, 0.15) is 27.2 Å². The van der Waals surface area contributed by atoms with Gasteiger partial charge < -0.3 is 9.88 Å². The molecule has 0 radical (unpaired) electrons. The highest BCUT2D eigenvalue weighted by molar-refractivity contribution is 7.16. The summed E-state index contributed by atoms with van der Waals surface area (Å²) in [5.41, 5.74) is 4.40. The maximum absolute atomic E-state index is 12.9. The molecule has 0 saturated heterocycles. The Kier molecular flexibility index (Phi) is 5.07. The van der Waals surface area contributed by atoms with Crippen LogP contribution in [-0.4, -0.2) is 17.0 Å². The number of rotatable bonds is 6. The van der Waals surface area contributed by atoms with Crippen LogP contribution in [0.5, 0.6) is 0 Å². The molecule has 4 heteroatoms. The fourth-order valence-corrected chi connectivity index (χ4v) is 4.27. The number of nitrogens with one attached hydrogen (secondary N) is 1. The summed E-state index contributed by atoms with van der Waals surface area (Å²) in [4.78, 5) is 14.0. The van der Waals surface area contributed by atoms with Gasteiger partial charge in [0.05, 0.1) is 0 Å². The summed E-state index contributed by atoms with van der Waals surface area (Å²) in [6, 6.07) is 22.8. The molecule has 0 bridgehead atoms. The van der Waals surface area contributed by atoms with Crippen LogP contribution < -0.4 is 5.32 Å². The van der Waals surface area contributed by atoms with Crippen LogP contribution in [0, 0.1) is 6.92 Å². The second-order valence-electron chi connectivity index (χ2n) is 6.78. The van der Waals surface area contributed by atoms with Gasteiger partial charge in [0.25, 0.3) is 5.91 Å². The molecule has 2 aromatic heterocycles. The van der Waals surface area contributed by atoms with Gasteiger partial charge in [-0.1, -0.05) is 60.2 Å². The van der Waals surface area contributed by atoms with E-state index >= 15 is 0 Å². The molecule has 4 aromatic rings. The van der Waals surface area contributed by atoms with Crippen LogP contribution in [0.4, 0.5) is 0 Å². The molecule has 4 rings (SSSR count). The van der Waals surface area contributed by atoms with E-state index in [-0.39, 0.29) is 5.91 Å². The van der Waals surface area contributed by atoms with E-state index in [0.717, 1.165) is 22.3 Å². The molecule has 3 nitrogen and oxygen atoms in total. The predicted octanol–water partition coefficient (Wildman–Crippen LogP) is 5.03. The lowest BCUT2D eigenvalue weighted by molar-refractivity contribution is 0.0946. The highest BCUT2D eigenvalue weighted by Crippen LogP contribution is 2.26. The SMILES string of the molecule is Cc1cccc(Cn2c(C(=O)NCCc3ccccc3)cc3ccsc32)c1. The highest BCUT2D eigenvalue weighted by atomic mass is 32.1. The second-order valence-corrected chi connectivity index (χ2v) is 7.67. The number of hydrogen-bond acceptors (Lipinski definition) is 2. The lowest BCUT2D eigenvalue weighted by atomic mass is 10.1. The van der Waals surface area contributed by atoms with E-state index in [1.807, 2.05) is 24.3 Å². The molecule has 0 spiro atoms. The highest BCUT2D eigenvalue weighted by Gasteiger charge is 2.16. The van der Waals surface area contributed by atoms with Crippen molar-refractivity contribution in [2.45, 2.75) is 19.9 Å². The quantitative estimate of drug-likeness (QED) is 0.504. The number of nitrogens with zero attached hydrogens (tertiary/aromatic N) is 1. The maximum Gasteiger partial charge on any atom is 0.267 e. The number of carbonyl (C=O) groups is 1. The minimum Gasteiger partial charge on any atom is -0.350 e. The van der Waals surface area contributed by atoms with Crippen molar-refractivity contribution >= 4 is 27.5 Å². The Morgan fingerprint density at radius 3 is 2.63 bits per heavy atom. The van der Waals surface area contributed by atoms with Gasteiger partial charge in [0, 0.05) is 18.5 Å². The molecule has 0 unspecified atom stereocenters. The van der Waals surface area contributed by atoms with E-state index in [1.165, 1.54) is 16.7 Å². The van der Waals surface area contributed by atoms with Crippen molar-refractivity contribution in [1.82, 2.24) is 9.88 Å². The van der Waals surface area contributed by atoms with E-state index in [0.29, 0.717) is 13.1 Å². The standard InChI is InChI=1S/C23H22N2OS/c1-17-6-5-9-19(14-17)16-25-21(15-20-11-13-27-23(20)25)22(26)24-12-10-18-7-3-2-4-8-18/h2-9,11,13-15H,10,12,16H2,1H3,(H,24,26). The van der Waals surface area contributed by atoms with E-state index < -0.39 is 0 Å². The van der Waals surface area contributed by atoms with Gasteiger partial charge in [-0.3, -0.25) is 4.79 Å². The molecule has 1 amide bonds. The lowest BCUT2D eigenvalue weighted by Crippen LogP contribution is -2.28. The fraction of sp³-hybridized carbons (Fsp3) is 0.174. The van der Waals surface area contributed by atoms with E-state index in [9.17, 15) is 4.79 Å². The van der Waals surface area contributed by atoms with Crippen molar-refractivity contribution in [2.75, 3.05) is 6.54 Å². The zero-order valence-corrected chi connectivity index (χ0v) is 16.1. The molecule has 27 heavy (non-hydrogen) atoms. The molecule has 2 aromatic carbocycles. The van der Waals surface area contributed by atoms with Crippen LogP contribution in [0.15, 0.2) is 72.1 Å². The molecule has 136 valence electrons. The van der Waals surface area contributed by atoms with Crippen LogP contribution in [0.2, 0.25) is 0 Å². The molecule has 0 aliphatic rings. The van der Waals surface area contributed by atoms with E-state index in [1.54, 1.807) is 11.3 Å². The van der Waals surface area contributed by atoms with Crippen molar-refractivity contribution in [3.8, 4) is 0 Å². The molecule has 0 aliphatic carbocycles. The summed E-state index contributed by atoms with van der Waals surface area (Å²) >= 11 is 1.68. The molecule has 2 heterocycles. The normalized spacial score (nSPS) is 11.0. The minimum atomic E-state index is -0.0121. The van der Waals surface area contributed by atoms with Crippen LogP contribution in [0.25, 0.3) is 10.2 Å². The summed E-state index contributed by atoms with van der Waals surface area (Å²) in [6.45, 7) is 3.43. The number of amides is 1. The van der Waals surface area contributed by atoms with Gasteiger partial charge in [0.2, 0.25) is 0 Å². The molecule has 0 fully saturated rings. The van der Waals surface area contributed by atoms with Crippen molar-refractivity contribution in [3.63, 3.8) is 0 Å². The topological polar surface area (TPSA) is 34.0 Å². The summed E-state index contributed by atoms with van der Waals surface area (Å²) < 4.78 is 2.13. The van der Waals surface area contributed by atoms with Gasteiger partial charge in [-0.2, -0.15) is 0 Å².